The number of Topliss-reactive ketones (excluding diaryl/α,β-unsaturated/α-hetero) is 2. The average Bonchev–Trinajstić information content (AvgIpc) is 3.16. The highest BCUT2D eigenvalue weighted by Gasteiger charge is 2.72. The summed E-state index contributed by atoms with van der Waals surface area (Å²) >= 11 is 0. The van der Waals surface area contributed by atoms with Gasteiger partial charge in [-0.05, 0) is 6.92 Å². The van der Waals surface area contributed by atoms with Gasteiger partial charge in [-0.15, -0.1) is 0 Å². The number of carbonyl (C=O) groups excluding carboxylic acids is 3. The largest absolute Gasteiger partial charge is 0.449 e. The molecule has 4 rings (SSSR count). The van der Waals surface area contributed by atoms with Crippen molar-refractivity contribution >= 4 is 17.7 Å². The van der Waals surface area contributed by atoms with Crippen molar-refractivity contribution in [2.45, 2.75) is 24.7 Å². The van der Waals surface area contributed by atoms with Crippen LogP contribution in [0.1, 0.15) is 6.92 Å². The molecule has 1 amide bonds. The van der Waals surface area contributed by atoms with Crippen LogP contribution >= 0.6 is 0 Å². The van der Waals surface area contributed by atoms with Gasteiger partial charge in [-0.1, -0.05) is 0 Å². The molecule has 5 N–H and O–H groups in total. The number of amides is 1. The first-order chi connectivity index (χ1) is 11.3. The number of hydrogen-bond donors (Lipinski definition) is 3. The lowest BCUT2D eigenvalue weighted by molar-refractivity contribution is -0.137. The number of hydrogen-bond acceptors (Lipinski definition) is 8. The molecule has 2 saturated heterocycles. The number of ether oxygens (including phenoxy) is 2. The van der Waals surface area contributed by atoms with Gasteiger partial charge in [-0.2, -0.15) is 0 Å². The second kappa shape index (κ2) is 4.58. The predicted octanol–water partition coefficient (Wildman–Crippen LogP) is -1.65. The van der Waals surface area contributed by atoms with E-state index in [1.54, 1.807) is 0 Å². The zero-order valence-electron chi connectivity index (χ0n) is 13.3. The third-order valence-electron chi connectivity index (χ3n) is 5.47. The molecule has 9 heteroatoms. The van der Waals surface area contributed by atoms with Crippen molar-refractivity contribution in [3.05, 3.63) is 22.5 Å². The minimum atomic E-state index is -0.957. The van der Waals surface area contributed by atoms with Crippen molar-refractivity contribution in [3.63, 3.8) is 0 Å². The van der Waals surface area contributed by atoms with Gasteiger partial charge in [0.1, 0.15) is 6.61 Å². The fourth-order valence-electron chi connectivity index (χ4n) is 4.31. The van der Waals surface area contributed by atoms with Crippen molar-refractivity contribution in [1.29, 1.82) is 0 Å². The lowest BCUT2D eigenvalue weighted by Crippen LogP contribution is -2.55. The van der Waals surface area contributed by atoms with Crippen LogP contribution in [0.3, 0.4) is 0 Å². The highest BCUT2D eigenvalue weighted by Crippen LogP contribution is 2.55. The highest BCUT2D eigenvalue weighted by molar-refractivity contribution is 6.25. The van der Waals surface area contributed by atoms with Crippen LogP contribution in [0.2, 0.25) is 0 Å². The molecule has 0 aromatic rings. The van der Waals surface area contributed by atoms with E-state index in [0.29, 0.717) is 12.2 Å². The van der Waals surface area contributed by atoms with Crippen molar-refractivity contribution in [2.75, 3.05) is 20.3 Å². The van der Waals surface area contributed by atoms with Gasteiger partial charge in [0.15, 0.2) is 5.72 Å². The number of nitrogens with zero attached hydrogens (tertiary/aromatic N) is 1. The maximum Gasteiger partial charge on any atom is 0.404 e. The highest BCUT2D eigenvalue weighted by atomic mass is 16.6. The van der Waals surface area contributed by atoms with Gasteiger partial charge in [0.2, 0.25) is 11.6 Å². The molecule has 4 aliphatic rings. The van der Waals surface area contributed by atoms with Crippen molar-refractivity contribution < 1.29 is 23.9 Å². The number of ketones is 2. The van der Waals surface area contributed by atoms with E-state index >= 15 is 0 Å². The van der Waals surface area contributed by atoms with E-state index in [0.717, 1.165) is 0 Å². The molecule has 0 aromatic carbocycles. The van der Waals surface area contributed by atoms with Crippen LogP contribution < -0.4 is 16.8 Å². The Bertz CT molecular complexity index is 757. The summed E-state index contributed by atoms with van der Waals surface area (Å²) < 4.78 is 10.8. The molecule has 24 heavy (non-hydrogen) atoms. The standard InChI is InChI=1S/C15H18N4O5/c1-5-9(16)12(21)8-6(4-24-14(17)22)15(23-2)13-7(18-13)3-19(15)10(8)11(5)20/h6-7,13,18H,3-4,16H2,1-2H3,(H2,17,22)/t6-,7+,13+,15+/m0/s1. The second-order valence-electron chi connectivity index (χ2n) is 6.46. The Morgan fingerprint density at radius 1 is 1.42 bits per heavy atom. The summed E-state index contributed by atoms with van der Waals surface area (Å²) in [6, 6.07) is 0.109. The van der Waals surface area contributed by atoms with E-state index in [2.05, 4.69) is 5.32 Å². The second-order valence-corrected chi connectivity index (χ2v) is 6.46. The smallest absolute Gasteiger partial charge is 0.404 e. The molecule has 0 unspecified atom stereocenters. The van der Waals surface area contributed by atoms with Crippen molar-refractivity contribution in [3.8, 4) is 0 Å². The van der Waals surface area contributed by atoms with Crippen LogP contribution in [-0.2, 0) is 19.1 Å². The summed E-state index contributed by atoms with van der Waals surface area (Å²) in [5.74, 6) is -1.34. The van der Waals surface area contributed by atoms with Gasteiger partial charge in [0.05, 0.1) is 23.4 Å². The van der Waals surface area contributed by atoms with Gasteiger partial charge in [0, 0.05) is 30.8 Å². The Kier molecular flexibility index (Phi) is 2.89. The number of nitrogens with two attached hydrogens (primary N) is 2. The van der Waals surface area contributed by atoms with Crippen LogP contribution in [0.4, 0.5) is 4.79 Å². The van der Waals surface area contributed by atoms with Crippen LogP contribution in [0, 0.1) is 5.92 Å². The van der Waals surface area contributed by atoms with E-state index in [1.807, 2.05) is 4.90 Å². The van der Waals surface area contributed by atoms with Gasteiger partial charge in [0.25, 0.3) is 0 Å². The molecule has 0 saturated carbocycles. The van der Waals surface area contributed by atoms with Crippen molar-refractivity contribution in [1.82, 2.24) is 10.2 Å². The number of piperazine rings is 1. The summed E-state index contributed by atoms with van der Waals surface area (Å²) in [5, 5.41) is 3.28. The normalized spacial score (nSPS) is 36.8. The molecule has 0 spiro atoms. The number of rotatable bonds is 3. The zero-order chi connectivity index (χ0) is 17.4. The number of allylic oxidation sites excluding steroid dienone is 2. The Labute approximate surface area is 137 Å². The van der Waals surface area contributed by atoms with Crippen molar-refractivity contribution in [2.24, 2.45) is 17.4 Å². The van der Waals surface area contributed by atoms with E-state index in [4.69, 9.17) is 20.9 Å². The quantitative estimate of drug-likeness (QED) is 0.411. The Morgan fingerprint density at radius 2 is 2.12 bits per heavy atom. The molecule has 3 heterocycles. The molecule has 0 aromatic heterocycles. The maximum atomic E-state index is 12.8. The Morgan fingerprint density at radius 3 is 2.75 bits per heavy atom. The third-order valence-corrected chi connectivity index (χ3v) is 5.47. The van der Waals surface area contributed by atoms with Gasteiger partial charge in [-0.3, -0.25) is 9.59 Å². The van der Waals surface area contributed by atoms with Crippen LogP contribution in [-0.4, -0.2) is 60.6 Å². The summed E-state index contributed by atoms with van der Waals surface area (Å²) in [6.45, 7) is 1.92. The number of fused-ring (bicyclic) bond motifs is 4. The summed E-state index contributed by atoms with van der Waals surface area (Å²) in [4.78, 5) is 38.4. The minimum Gasteiger partial charge on any atom is -0.449 e. The van der Waals surface area contributed by atoms with E-state index in [1.165, 1.54) is 14.0 Å². The molecule has 3 aliphatic heterocycles. The van der Waals surface area contributed by atoms with Gasteiger partial charge >= 0.3 is 6.09 Å². The van der Waals surface area contributed by atoms with E-state index in [9.17, 15) is 14.4 Å². The molecule has 2 fully saturated rings. The van der Waals surface area contributed by atoms with Crippen LogP contribution in [0.15, 0.2) is 22.5 Å². The molecule has 4 atom stereocenters. The SMILES string of the molecule is CO[C@]12[C@@H]3N[C@@H]3CN1C1=C(C(=O)C(N)=C(C)C1=O)[C@@H]2COC(N)=O. The zero-order valence-corrected chi connectivity index (χ0v) is 13.3. The van der Waals surface area contributed by atoms with Gasteiger partial charge < -0.3 is 31.2 Å². The molecule has 0 bridgehead atoms. The first-order valence-corrected chi connectivity index (χ1v) is 7.65. The molecule has 9 nitrogen and oxygen atoms in total. The van der Waals surface area contributed by atoms with Crippen LogP contribution in [0.5, 0.6) is 0 Å². The molecule has 0 radical (unpaired) electrons. The summed E-state index contributed by atoms with van der Waals surface area (Å²) in [5.41, 5.74) is 10.7. The Hall–Kier alpha value is -2.39. The number of methoxy groups -OCH3 is 1. The molecule has 1 aliphatic carbocycles. The summed E-state index contributed by atoms with van der Waals surface area (Å²) in [7, 11) is 1.52. The third kappa shape index (κ3) is 1.58. The van der Waals surface area contributed by atoms with Gasteiger partial charge in [-0.25, -0.2) is 4.79 Å². The number of primary amides is 1. The lowest BCUT2D eigenvalue weighted by atomic mass is 9.82. The maximum absolute atomic E-state index is 12.8. The first kappa shape index (κ1) is 15.2. The van der Waals surface area contributed by atoms with E-state index < -0.39 is 23.5 Å². The minimum absolute atomic E-state index is 0.0586. The fourth-order valence-corrected chi connectivity index (χ4v) is 4.31. The topological polar surface area (TPSA) is 147 Å². The number of nitrogens with one attached hydrogen (secondary N) is 1. The summed E-state index contributed by atoms with van der Waals surface area (Å²) in [6.07, 6.45) is -0.950. The molecular formula is C15H18N4O5. The Balaban J connectivity index is 1.85. The molecule has 128 valence electrons. The number of carbonyl (C=O) groups is 3. The van der Waals surface area contributed by atoms with Crippen LogP contribution in [0.25, 0.3) is 0 Å². The molecular weight excluding hydrogens is 316 g/mol. The lowest BCUT2D eigenvalue weighted by Gasteiger charge is -2.39. The first-order valence-electron chi connectivity index (χ1n) is 7.65. The predicted molar refractivity (Wildman–Crippen MR) is 80.1 cm³/mol. The average molecular weight is 334 g/mol. The monoisotopic (exact) mass is 334 g/mol. The fraction of sp³-hybridized carbons (Fsp3) is 0.533. The van der Waals surface area contributed by atoms with E-state index in [-0.39, 0.29) is 41.3 Å².